The molecule has 0 atom stereocenters. The fourth-order valence-corrected chi connectivity index (χ4v) is 3.06. The number of hydrogen-bond acceptors (Lipinski definition) is 5. The van der Waals surface area contributed by atoms with Crippen molar-refractivity contribution in [3.63, 3.8) is 0 Å². The first-order valence-corrected chi connectivity index (χ1v) is 6.59. The lowest BCUT2D eigenvalue weighted by molar-refractivity contribution is -0.0437. The van der Waals surface area contributed by atoms with Crippen LogP contribution in [0, 0.1) is 11.3 Å². The Morgan fingerprint density at radius 1 is 1.53 bits per heavy atom. The first-order chi connectivity index (χ1) is 7.80. The van der Waals surface area contributed by atoms with Crippen LogP contribution in [0.15, 0.2) is 16.3 Å². The second kappa shape index (κ2) is 5.05. The van der Waals surface area contributed by atoms with Crippen LogP contribution >= 0.6 is 11.3 Å². The molecule has 0 aliphatic rings. The van der Waals surface area contributed by atoms with E-state index in [4.69, 9.17) is 10.4 Å². The van der Waals surface area contributed by atoms with Crippen LogP contribution in [0.2, 0.25) is 0 Å². The number of alkyl halides is 2. The molecule has 9 heteroatoms. The normalized spacial score (nSPS) is 12.4. The van der Waals surface area contributed by atoms with E-state index >= 15 is 0 Å². The summed E-state index contributed by atoms with van der Waals surface area (Å²) in [4.78, 5) is 0.166. The van der Waals surface area contributed by atoms with Crippen LogP contribution in [0.4, 0.5) is 8.78 Å². The molecule has 94 valence electrons. The largest absolute Gasteiger partial charge is 0.390 e. The minimum absolute atomic E-state index is 0.166. The Bertz CT molecular complexity index is 533. The first-order valence-electron chi connectivity index (χ1n) is 4.29. The molecule has 1 heterocycles. The molecule has 1 aromatic heterocycles. The Hall–Kier alpha value is -1.08. The standard InChI is InChI=1S/C8H8F2N2O3S2/c9-8(10,5-13)4-12-17(14,15)7-2-1-6(3-11)16-7/h1-2,12-13H,4-5H2. The van der Waals surface area contributed by atoms with Crippen molar-refractivity contribution in [1.82, 2.24) is 4.72 Å². The summed E-state index contributed by atoms with van der Waals surface area (Å²) in [6.45, 7) is -2.63. The fourth-order valence-electron chi connectivity index (χ4n) is 0.852. The van der Waals surface area contributed by atoms with Crippen molar-refractivity contribution in [2.75, 3.05) is 13.2 Å². The molecule has 0 fully saturated rings. The maximum atomic E-state index is 12.6. The van der Waals surface area contributed by atoms with E-state index in [0.717, 1.165) is 6.07 Å². The number of nitrogens with zero attached hydrogens (tertiary/aromatic N) is 1. The quantitative estimate of drug-likeness (QED) is 0.824. The SMILES string of the molecule is N#Cc1ccc(S(=O)(=O)NCC(F)(F)CO)s1. The molecular formula is C8H8F2N2O3S2. The third-order valence-electron chi connectivity index (χ3n) is 1.71. The molecule has 0 aliphatic heterocycles. The molecule has 0 amide bonds. The zero-order valence-corrected chi connectivity index (χ0v) is 9.99. The van der Waals surface area contributed by atoms with Crippen molar-refractivity contribution < 1.29 is 22.3 Å². The van der Waals surface area contributed by atoms with Crippen LogP contribution in [-0.2, 0) is 10.0 Å². The van der Waals surface area contributed by atoms with E-state index < -0.39 is 29.1 Å². The van der Waals surface area contributed by atoms with E-state index in [-0.39, 0.29) is 9.09 Å². The number of hydrogen-bond donors (Lipinski definition) is 2. The van der Waals surface area contributed by atoms with Crippen LogP contribution in [0.5, 0.6) is 0 Å². The lowest BCUT2D eigenvalue weighted by Crippen LogP contribution is -2.38. The second-order valence-corrected chi connectivity index (χ2v) is 6.15. The number of halogens is 2. The summed E-state index contributed by atoms with van der Waals surface area (Å²) in [6.07, 6.45) is 0. The monoisotopic (exact) mass is 282 g/mol. The van der Waals surface area contributed by atoms with E-state index in [1.807, 2.05) is 0 Å². The average molecular weight is 282 g/mol. The highest BCUT2D eigenvalue weighted by Crippen LogP contribution is 2.21. The van der Waals surface area contributed by atoms with E-state index in [2.05, 4.69) is 0 Å². The highest BCUT2D eigenvalue weighted by molar-refractivity contribution is 7.91. The van der Waals surface area contributed by atoms with Crippen molar-refractivity contribution in [1.29, 1.82) is 5.26 Å². The highest BCUT2D eigenvalue weighted by atomic mass is 32.2. The van der Waals surface area contributed by atoms with Crippen molar-refractivity contribution in [2.24, 2.45) is 0 Å². The number of nitrogens with one attached hydrogen (secondary N) is 1. The summed E-state index contributed by atoms with van der Waals surface area (Å²) < 4.78 is 49.7. The average Bonchev–Trinajstić information content (AvgIpc) is 2.76. The van der Waals surface area contributed by atoms with Gasteiger partial charge < -0.3 is 5.11 Å². The van der Waals surface area contributed by atoms with E-state index in [1.165, 1.54) is 6.07 Å². The number of rotatable bonds is 5. The maximum absolute atomic E-state index is 12.6. The van der Waals surface area contributed by atoms with Gasteiger partial charge in [-0.05, 0) is 12.1 Å². The third-order valence-corrected chi connectivity index (χ3v) is 4.59. The number of thiophene rings is 1. The lowest BCUT2D eigenvalue weighted by Gasteiger charge is -2.13. The van der Waals surface area contributed by atoms with Gasteiger partial charge in [-0.2, -0.15) is 5.26 Å². The summed E-state index contributed by atoms with van der Waals surface area (Å²) in [5.41, 5.74) is 0. The van der Waals surface area contributed by atoms with Gasteiger partial charge in [0.1, 0.15) is 21.8 Å². The van der Waals surface area contributed by atoms with Crippen molar-refractivity contribution in [2.45, 2.75) is 10.1 Å². The predicted octanol–water partition coefficient (Wildman–Crippen LogP) is 0.526. The summed E-state index contributed by atoms with van der Waals surface area (Å²) in [6, 6.07) is 4.18. The van der Waals surface area contributed by atoms with Gasteiger partial charge in [0.15, 0.2) is 0 Å². The van der Waals surface area contributed by atoms with Gasteiger partial charge in [0.2, 0.25) is 10.0 Å². The molecule has 0 saturated heterocycles. The topological polar surface area (TPSA) is 90.2 Å². The molecule has 0 saturated carbocycles. The van der Waals surface area contributed by atoms with Gasteiger partial charge in [-0.1, -0.05) is 0 Å². The minimum Gasteiger partial charge on any atom is -0.390 e. The third kappa shape index (κ3) is 3.71. The molecule has 0 aliphatic carbocycles. The van der Waals surface area contributed by atoms with Gasteiger partial charge in [-0.25, -0.2) is 21.9 Å². The van der Waals surface area contributed by atoms with Gasteiger partial charge in [0.25, 0.3) is 5.92 Å². The number of aliphatic hydroxyl groups excluding tert-OH is 1. The molecular weight excluding hydrogens is 274 g/mol. The van der Waals surface area contributed by atoms with Gasteiger partial charge in [0, 0.05) is 0 Å². The van der Waals surface area contributed by atoms with Gasteiger partial charge >= 0.3 is 0 Å². The molecule has 5 nitrogen and oxygen atoms in total. The van der Waals surface area contributed by atoms with E-state index in [0.29, 0.717) is 11.3 Å². The van der Waals surface area contributed by atoms with Gasteiger partial charge in [-0.15, -0.1) is 11.3 Å². The molecule has 0 spiro atoms. The highest BCUT2D eigenvalue weighted by Gasteiger charge is 2.30. The number of aliphatic hydroxyl groups is 1. The molecule has 0 aromatic carbocycles. The zero-order chi connectivity index (χ0) is 13.1. The Morgan fingerprint density at radius 2 is 2.18 bits per heavy atom. The van der Waals surface area contributed by atoms with Crippen LogP contribution in [0.25, 0.3) is 0 Å². The van der Waals surface area contributed by atoms with Crippen molar-refractivity contribution in [3.05, 3.63) is 17.0 Å². The maximum Gasteiger partial charge on any atom is 0.283 e. The summed E-state index contributed by atoms with van der Waals surface area (Å²) in [5, 5.41) is 16.8. The second-order valence-electron chi connectivity index (χ2n) is 3.07. The zero-order valence-electron chi connectivity index (χ0n) is 8.35. The summed E-state index contributed by atoms with van der Waals surface area (Å²) >= 11 is 0.679. The smallest absolute Gasteiger partial charge is 0.283 e. The molecule has 0 radical (unpaired) electrons. The Labute approximate surface area is 100 Å². The molecule has 1 rings (SSSR count). The molecule has 2 N–H and O–H groups in total. The predicted molar refractivity (Wildman–Crippen MR) is 56.3 cm³/mol. The summed E-state index contributed by atoms with van der Waals surface area (Å²) in [5.74, 6) is -3.51. The van der Waals surface area contributed by atoms with Crippen molar-refractivity contribution in [3.8, 4) is 6.07 Å². The Balaban J connectivity index is 2.80. The van der Waals surface area contributed by atoms with E-state index in [9.17, 15) is 17.2 Å². The van der Waals surface area contributed by atoms with Gasteiger partial charge in [-0.3, -0.25) is 0 Å². The summed E-state index contributed by atoms with van der Waals surface area (Å²) in [7, 11) is -4.07. The molecule has 0 unspecified atom stereocenters. The first kappa shape index (κ1) is 14.0. The molecule has 1 aromatic rings. The van der Waals surface area contributed by atoms with Crippen molar-refractivity contribution >= 4 is 21.4 Å². The Kier molecular flexibility index (Phi) is 4.16. The van der Waals surface area contributed by atoms with Gasteiger partial charge in [0.05, 0.1) is 6.54 Å². The van der Waals surface area contributed by atoms with Crippen LogP contribution in [0.1, 0.15) is 4.88 Å². The lowest BCUT2D eigenvalue weighted by atomic mass is 10.4. The molecule has 0 bridgehead atoms. The fraction of sp³-hybridized carbons (Fsp3) is 0.375. The van der Waals surface area contributed by atoms with Crippen LogP contribution in [-0.4, -0.2) is 32.6 Å². The molecule has 17 heavy (non-hydrogen) atoms. The number of nitriles is 1. The van der Waals surface area contributed by atoms with Crippen LogP contribution in [0.3, 0.4) is 0 Å². The Morgan fingerprint density at radius 3 is 2.65 bits per heavy atom. The van der Waals surface area contributed by atoms with Crippen LogP contribution < -0.4 is 4.72 Å². The minimum atomic E-state index is -4.07. The number of sulfonamides is 1. The van der Waals surface area contributed by atoms with E-state index in [1.54, 1.807) is 10.8 Å².